The van der Waals surface area contributed by atoms with E-state index in [9.17, 15) is 0 Å². The Kier molecular flexibility index (Phi) is 4.77. The van der Waals surface area contributed by atoms with Crippen LogP contribution >= 0.6 is 15.9 Å². The number of hydrogen-bond donors (Lipinski definition) is 1. The van der Waals surface area contributed by atoms with E-state index >= 15 is 0 Å². The first-order valence-electron chi connectivity index (χ1n) is 6.62. The van der Waals surface area contributed by atoms with Crippen LogP contribution in [0.3, 0.4) is 0 Å². The molecular weight excluding hydrogens is 334 g/mol. The number of halogens is 1. The Morgan fingerprint density at radius 2 is 1.81 bits per heavy atom. The van der Waals surface area contributed by atoms with Gasteiger partial charge in [-0.25, -0.2) is 0 Å². The first-order valence-corrected chi connectivity index (χ1v) is 7.41. The summed E-state index contributed by atoms with van der Waals surface area (Å²) in [5.74, 6) is 1.43. The number of methoxy groups -OCH3 is 2. The van der Waals surface area contributed by atoms with Crippen LogP contribution in [0.25, 0.3) is 0 Å². The summed E-state index contributed by atoms with van der Waals surface area (Å²) in [5, 5.41) is 7.84. The van der Waals surface area contributed by atoms with Gasteiger partial charge in [0.05, 0.1) is 31.3 Å². The molecule has 1 aromatic heterocycles. The van der Waals surface area contributed by atoms with Crippen molar-refractivity contribution in [1.82, 2.24) is 9.78 Å². The van der Waals surface area contributed by atoms with E-state index in [1.54, 1.807) is 14.2 Å². The minimum Gasteiger partial charge on any atom is -0.493 e. The summed E-state index contributed by atoms with van der Waals surface area (Å²) >= 11 is 3.57. The van der Waals surface area contributed by atoms with Gasteiger partial charge in [0.25, 0.3) is 0 Å². The molecule has 6 heteroatoms. The molecule has 0 aliphatic heterocycles. The van der Waals surface area contributed by atoms with Gasteiger partial charge < -0.3 is 14.8 Å². The normalized spacial score (nSPS) is 10.6. The SMILES string of the molecule is COc1cc(Br)c(CNc2c(C)nn(C)c2C)cc1OC. The Bertz CT molecular complexity index is 653. The number of nitrogens with one attached hydrogen (secondary N) is 1. The van der Waals surface area contributed by atoms with Crippen molar-refractivity contribution in [3.8, 4) is 11.5 Å². The molecule has 0 radical (unpaired) electrons. The number of nitrogens with zero attached hydrogens (tertiary/aromatic N) is 2. The lowest BCUT2D eigenvalue weighted by Crippen LogP contribution is -2.03. The summed E-state index contributed by atoms with van der Waals surface area (Å²) in [7, 11) is 5.21. The second kappa shape index (κ2) is 6.39. The van der Waals surface area contributed by atoms with E-state index in [2.05, 4.69) is 26.3 Å². The maximum atomic E-state index is 5.35. The fourth-order valence-electron chi connectivity index (χ4n) is 2.24. The molecule has 0 spiro atoms. The van der Waals surface area contributed by atoms with E-state index in [1.165, 1.54) is 0 Å². The van der Waals surface area contributed by atoms with Crippen LogP contribution in [0, 0.1) is 13.8 Å². The minimum absolute atomic E-state index is 0.675. The van der Waals surface area contributed by atoms with Crippen molar-refractivity contribution in [2.45, 2.75) is 20.4 Å². The number of aryl methyl sites for hydroxylation is 2. The topological polar surface area (TPSA) is 48.3 Å². The van der Waals surface area contributed by atoms with Crippen LogP contribution in [0.15, 0.2) is 16.6 Å². The Labute approximate surface area is 133 Å². The van der Waals surface area contributed by atoms with E-state index in [1.807, 2.05) is 37.7 Å². The largest absolute Gasteiger partial charge is 0.493 e. The standard InChI is InChI=1S/C15H20BrN3O2/c1-9-15(10(2)19(3)18-9)17-8-11-6-13(20-4)14(21-5)7-12(11)16/h6-7,17H,8H2,1-5H3. The van der Waals surface area contributed by atoms with Gasteiger partial charge in [-0.3, -0.25) is 4.68 Å². The lowest BCUT2D eigenvalue weighted by atomic mass is 10.2. The van der Waals surface area contributed by atoms with E-state index in [-0.39, 0.29) is 0 Å². The molecule has 114 valence electrons. The molecule has 0 saturated carbocycles. The molecule has 2 rings (SSSR count). The van der Waals surface area contributed by atoms with Gasteiger partial charge in [-0.05, 0) is 31.5 Å². The van der Waals surface area contributed by atoms with Gasteiger partial charge in [-0.15, -0.1) is 0 Å². The Hall–Kier alpha value is -1.69. The third-order valence-electron chi connectivity index (χ3n) is 3.52. The molecule has 5 nitrogen and oxygen atoms in total. The Balaban J connectivity index is 2.24. The van der Waals surface area contributed by atoms with E-state index < -0.39 is 0 Å². The summed E-state index contributed by atoms with van der Waals surface area (Å²) in [4.78, 5) is 0. The molecule has 0 unspecified atom stereocenters. The Morgan fingerprint density at radius 1 is 1.19 bits per heavy atom. The predicted molar refractivity (Wildman–Crippen MR) is 87.3 cm³/mol. The zero-order valence-corrected chi connectivity index (χ0v) is 14.5. The highest BCUT2D eigenvalue weighted by atomic mass is 79.9. The van der Waals surface area contributed by atoms with Crippen LogP contribution in [0.2, 0.25) is 0 Å². The van der Waals surface area contributed by atoms with Crippen LogP contribution in [0.4, 0.5) is 5.69 Å². The predicted octanol–water partition coefficient (Wildman–Crippen LogP) is 3.43. The van der Waals surface area contributed by atoms with Crippen molar-refractivity contribution in [1.29, 1.82) is 0 Å². The second-order valence-electron chi connectivity index (χ2n) is 4.82. The lowest BCUT2D eigenvalue weighted by Gasteiger charge is -2.13. The average molecular weight is 354 g/mol. The van der Waals surface area contributed by atoms with Gasteiger partial charge in [0.1, 0.15) is 0 Å². The molecule has 21 heavy (non-hydrogen) atoms. The number of hydrogen-bond acceptors (Lipinski definition) is 4. The number of rotatable bonds is 5. The smallest absolute Gasteiger partial charge is 0.161 e. The number of anilines is 1. The zero-order chi connectivity index (χ0) is 15.6. The highest BCUT2D eigenvalue weighted by Crippen LogP contribution is 2.33. The van der Waals surface area contributed by atoms with Gasteiger partial charge in [-0.1, -0.05) is 15.9 Å². The Morgan fingerprint density at radius 3 is 2.33 bits per heavy atom. The van der Waals surface area contributed by atoms with E-state index in [4.69, 9.17) is 9.47 Å². The average Bonchev–Trinajstić information content (AvgIpc) is 2.71. The minimum atomic E-state index is 0.675. The summed E-state index contributed by atoms with van der Waals surface area (Å²) in [6.45, 7) is 4.72. The van der Waals surface area contributed by atoms with Gasteiger partial charge in [0, 0.05) is 18.1 Å². The number of aromatic nitrogens is 2. The first kappa shape index (κ1) is 15.7. The van der Waals surface area contributed by atoms with Crippen molar-refractivity contribution in [3.63, 3.8) is 0 Å². The van der Waals surface area contributed by atoms with Gasteiger partial charge in [0.2, 0.25) is 0 Å². The van der Waals surface area contributed by atoms with Crippen molar-refractivity contribution < 1.29 is 9.47 Å². The van der Waals surface area contributed by atoms with Crippen LogP contribution in [0.1, 0.15) is 17.0 Å². The third-order valence-corrected chi connectivity index (χ3v) is 4.26. The van der Waals surface area contributed by atoms with Crippen LogP contribution in [0.5, 0.6) is 11.5 Å². The molecule has 1 aromatic carbocycles. The first-order chi connectivity index (χ1) is 9.97. The summed E-state index contributed by atoms with van der Waals surface area (Å²) in [6.07, 6.45) is 0. The lowest BCUT2D eigenvalue weighted by molar-refractivity contribution is 0.354. The number of benzene rings is 1. The van der Waals surface area contributed by atoms with Crippen molar-refractivity contribution in [3.05, 3.63) is 33.6 Å². The van der Waals surface area contributed by atoms with E-state index in [0.717, 1.165) is 32.9 Å². The maximum Gasteiger partial charge on any atom is 0.161 e. The molecule has 0 fully saturated rings. The molecule has 0 saturated heterocycles. The van der Waals surface area contributed by atoms with Crippen LogP contribution < -0.4 is 14.8 Å². The van der Waals surface area contributed by atoms with Crippen molar-refractivity contribution >= 4 is 21.6 Å². The summed E-state index contributed by atoms with van der Waals surface area (Å²) in [5.41, 5.74) is 4.27. The summed E-state index contributed by atoms with van der Waals surface area (Å²) < 4.78 is 13.5. The molecule has 0 atom stereocenters. The van der Waals surface area contributed by atoms with Crippen molar-refractivity contribution in [2.75, 3.05) is 19.5 Å². The molecule has 1 N–H and O–H groups in total. The van der Waals surface area contributed by atoms with Gasteiger partial charge >= 0.3 is 0 Å². The molecular formula is C15H20BrN3O2. The zero-order valence-electron chi connectivity index (χ0n) is 13.0. The monoisotopic (exact) mass is 353 g/mol. The molecule has 0 amide bonds. The molecule has 0 bridgehead atoms. The fraction of sp³-hybridized carbons (Fsp3) is 0.400. The van der Waals surface area contributed by atoms with Gasteiger partial charge in [-0.2, -0.15) is 5.10 Å². The third kappa shape index (κ3) is 3.15. The summed E-state index contributed by atoms with van der Waals surface area (Å²) in [6, 6.07) is 3.88. The quantitative estimate of drug-likeness (QED) is 0.894. The second-order valence-corrected chi connectivity index (χ2v) is 5.68. The highest BCUT2D eigenvalue weighted by molar-refractivity contribution is 9.10. The fourth-order valence-corrected chi connectivity index (χ4v) is 2.71. The van der Waals surface area contributed by atoms with E-state index in [0.29, 0.717) is 12.3 Å². The molecule has 2 aromatic rings. The highest BCUT2D eigenvalue weighted by Gasteiger charge is 2.12. The molecule has 0 aliphatic rings. The van der Waals surface area contributed by atoms with Crippen molar-refractivity contribution in [2.24, 2.45) is 7.05 Å². The van der Waals surface area contributed by atoms with Gasteiger partial charge in [0.15, 0.2) is 11.5 Å². The molecule has 1 heterocycles. The number of ether oxygens (including phenoxy) is 2. The van der Waals surface area contributed by atoms with Crippen LogP contribution in [-0.2, 0) is 13.6 Å². The maximum absolute atomic E-state index is 5.35. The molecule has 0 aliphatic carbocycles. The van der Waals surface area contributed by atoms with Crippen LogP contribution in [-0.4, -0.2) is 24.0 Å².